The molecule has 4 nitrogen and oxygen atoms in total. The Morgan fingerprint density at radius 2 is 1.92 bits per heavy atom. The summed E-state index contributed by atoms with van der Waals surface area (Å²) in [6, 6.07) is 19.0. The van der Waals surface area contributed by atoms with Crippen molar-refractivity contribution in [2.45, 2.75) is 26.2 Å². The highest BCUT2D eigenvalue weighted by Crippen LogP contribution is 2.22. The Hall–Kier alpha value is -3.14. The molecule has 3 aromatic rings. The molecule has 0 aliphatic rings. The van der Waals surface area contributed by atoms with Crippen LogP contribution in [0.15, 0.2) is 71.9 Å². The average molecular weight is 346 g/mol. The quantitative estimate of drug-likeness (QED) is 0.604. The van der Waals surface area contributed by atoms with E-state index in [9.17, 15) is 9.90 Å². The zero-order valence-corrected chi connectivity index (χ0v) is 15.0. The van der Waals surface area contributed by atoms with E-state index in [1.807, 2.05) is 41.1 Å². The molecule has 132 valence electrons. The molecule has 0 aliphatic carbocycles. The first-order valence-corrected chi connectivity index (χ1v) is 8.73. The molecule has 0 bridgehead atoms. The molecule has 0 saturated carbocycles. The van der Waals surface area contributed by atoms with Gasteiger partial charge < -0.3 is 9.67 Å². The number of carboxylic acid groups (broad SMARTS) is 1. The van der Waals surface area contributed by atoms with Crippen LogP contribution in [0.3, 0.4) is 0 Å². The third-order valence-corrected chi connectivity index (χ3v) is 4.57. The first kappa shape index (κ1) is 17.7. The van der Waals surface area contributed by atoms with Gasteiger partial charge in [0.15, 0.2) is 0 Å². The van der Waals surface area contributed by atoms with Crippen molar-refractivity contribution in [2.24, 2.45) is 4.99 Å². The fourth-order valence-corrected chi connectivity index (χ4v) is 2.79. The molecule has 0 fully saturated rings. The van der Waals surface area contributed by atoms with Crippen molar-refractivity contribution >= 4 is 17.9 Å². The number of rotatable bonds is 6. The van der Waals surface area contributed by atoms with Crippen LogP contribution in [0.4, 0.5) is 5.69 Å². The summed E-state index contributed by atoms with van der Waals surface area (Å²) in [6.07, 6.45) is 4.81. The van der Waals surface area contributed by atoms with Crippen LogP contribution in [0.1, 0.15) is 47.8 Å². The second kappa shape index (κ2) is 7.83. The third-order valence-electron chi connectivity index (χ3n) is 4.57. The largest absolute Gasteiger partial charge is 0.478 e. The fourth-order valence-electron chi connectivity index (χ4n) is 2.79. The summed E-state index contributed by atoms with van der Waals surface area (Å²) in [4.78, 5) is 15.7. The Labute approximate surface area is 153 Å². The topological polar surface area (TPSA) is 54.6 Å². The molecule has 1 atom stereocenters. The van der Waals surface area contributed by atoms with E-state index in [0.29, 0.717) is 5.92 Å². The zero-order chi connectivity index (χ0) is 18.5. The SMILES string of the molecule is CC[C@H](C)c1ccc(N=Cc2cccn2-c2cccc(C(=O)O)c2)cc1. The van der Waals surface area contributed by atoms with Crippen LogP contribution in [0.5, 0.6) is 0 Å². The van der Waals surface area contributed by atoms with Gasteiger partial charge in [0.1, 0.15) is 0 Å². The lowest BCUT2D eigenvalue weighted by Gasteiger charge is -2.09. The van der Waals surface area contributed by atoms with Gasteiger partial charge in [-0.1, -0.05) is 32.0 Å². The molecular formula is C22H22N2O2. The van der Waals surface area contributed by atoms with Crippen LogP contribution in [0.25, 0.3) is 5.69 Å². The maximum Gasteiger partial charge on any atom is 0.335 e. The minimum absolute atomic E-state index is 0.264. The Kier molecular flexibility index (Phi) is 5.32. The van der Waals surface area contributed by atoms with Crippen LogP contribution in [-0.4, -0.2) is 21.9 Å². The van der Waals surface area contributed by atoms with Gasteiger partial charge in [-0.15, -0.1) is 0 Å². The summed E-state index contributed by atoms with van der Waals surface area (Å²) < 4.78 is 1.92. The molecule has 3 rings (SSSR count). The first-order valence-electron chi connectivity index (χ1n) is 8.73. The molecule has 0 amide bonds. The van der Waals surface area contributed by atoms with Crippen LogP contribution in [0, 0.1) is 0 Å². The van der Waals surface area contributed by atoms with Gasteiger partial charge in [0.2, 0.25) is 0 Å². The molecular weight excluding hydrogens is 324 g/mol. The molecule has 0 aliphatic heterocycles. The monoisotopic (exact) mass is 346 g/mol. The molecule has 0 spiro atoms. The second-order valence-corrected chi connectivity index (χ2v) is 6.32. The predicted octanol–water partition coefficient (Wildman–Crippen LogP) is 5.44. The summed E-state index contributed by atoms with van der Waals surface area (Å²) >= 11 is 0. The lowest BCUT2D eigenvalue weighted by atomic mass is 9.99. The van der Waals surface area contributed by atoms with Crippen molar-refractivity contribution in [1.82, 2.24) is 4.57 Å². The highest BCUT2D eigenvalue weighted by atomic mass is 16.4. The van der Waals surface area contributed by atoms with Crippen LogP contribution >= 0.6 is 0 Å². The Bertz CT molecular complexity index is 923. The summed E-state index contributed by atoms with van der Waals surface area (Å²) in [7, 11) is 0. The number of hydrogen-bond donors (Lipinski definition) is 1. The number of hydrogen-bond acceptors (Lipinski definition) is 2. The van der Waals surface area contributed by atoms with Gasteiger partial charge in [-0.3, -0.25) is 4.99 Å². The average Bonchev–Trinajstić information content (AvgIpc) is 3.15. The van der Waals surface area contributed by atoms with Gasteiger partial charge in [-0.25, -0.2) is 4.79 Å². The van der Waals surface area contributed by atoms with Gasteiger partial charge in [0.05, 0.1) is 23.2 Å². The maximum absolute atomic E-state index is 11.2. The number of benzene rings is 2. The van der Waals surface area contributed by atoms with Crippen molar-refractivity contribution < 1.29 is 9.90 Å². The molecule has 26 heavy (non-hydrogen) atoms. The highest BCUT2D eigenvalue weighted by Gasteiger charge is 2.06. The van der Waals surface area contributed by atoms with Crippen LogP contribution in [0.2, 0.25) is 0 Å². The number of carbonyl (C=O) groups is 1. The van der Waals surface area contributed by atoms with E-state index in [-0.39, 0.29) is 5.56 Å². The summed E-state index contributed by atoms with van der Waals surface area (Å²) in [6.45, 7) is 4.40. The molecule has 1 heterocycles. The van der Waals surface area contributed by atoms with E-state index in [1.54, 1.807) is 24.4 Å². The predicted molar refractivity (Wildman–Crippen MR) is 105 cm³/mol. The molecule has 0 unspecified atom stereocenters. The minimum atomic E-state index is -0.935. The normalized spacial score (nSPS) is 12.4. The third kappa shape index (κ3) is 3.91. The van der Waals surface area contributed by atoms with Crippen molar-refractivity contribution in [3.63, 3.8) is 0 Å². The molecule has 0 saturated heterocycles. The first-order chi connectivity index (χ1) is 12.6. The van der Waals surface area contributed by atoms with Crippen LogP contribution in [-0.2, 0) is 0 Å². The maximum atomic E-state index is 11.2. The zero-order valence-electron chi connectivity index (χ0n) is 15.0. The van der Waals surface area contributed by atoms with Gasteiger partial charge in [0, 0.05) is 11.9 Å². The number of aliphatic imine (C=N–C) groups is 1. The Balaban J connectivity index is 1.84. The minimum Gasteiger partial charge on any atom is -0.478 e. The standard InChI is InChI=1S/C22H22N2O2/c1-3-16(2)17-9-11-19(12-10-17)23-15-21-8-5-13-24(21)20-7-4-6-18(14-20)22(25)26/h4-16H,3H2,1-2H3,(H,25,26)/t16-/m0/s1. The van der Waals surface area contributed by atoms with Crippen LogP contribution < -0.4 is 0 Å². The van der Waals surface area contributed by atoms with Gasteiger partial charge in [-0.2, -0.15) is 0 Å². The van der Waals surface area contributed by atoms with E-state index < -0.39 is 5.97 Å². The van der Waals surface area contributed by atoms with E-state index >= 15 is 0 Å². The number of aromatic nitrogens is 1. The van der Waals surface area contributed by atoms with E-state index in [1.165, 1.54) is 5.56 Å². The fraction of sp³-hybridized carbons (Fsp3) is 0.182. The molecule has 1 aromatic heterocycles. The molecule has 0 radical (unpaired) electrons. The van der Waals surface area contributed by atoms with E-state index in [0.717, 1.165) is 23.5 Å². The lowest BCUT2D eigenvalue weighted by molar-refractivity contribution is 0.0697. The van der Waals surface area contributed by atoms with E-state index in [4.69, 9.17) is 0 Å². The van der Waals surface area contributed by atoms with Crippen molar-refractivity contribution in [3.05, 3.63) is 83.7 Å². The smallest absolute Gasteiger partial charge is 0.335 e. The molecule has 1 N–H and O–H groups in total. The number of nitrogens with zero attached hydrogens (tertiary/aromatic N) is 2. The Morgan fingerprint density at radius 1 is 1.15 bits per heavy atom. The summed E-state index contributed by atoms with van der Waals surface area (Å²) in [5.41, 5.74) is 4.16. The lowest BCUT2D eigenvalue weighted by Crippen LogP contribution is -2.01. The van der Waals surface area contributed by atoms with Crippen molar-refractivity contribution in [1.29, 1.82) is 0 Å². The highest BCUT2D eigenvalue weighted by molar-refractivity contribution is 5.88. The number of carboxylic acids is 1. The summed E-state index contributed by atoms with van der Waals surface area (Å²) in [5, 5.41) is 9.17. The van der Waals surface area contributed by atoms with Gasteiger partial charge in [0.25, 0.3) is 0 Å². The van der Waals surface area contributed by atoms with Crippen molar-refractivity contribution in [3.8, 4) is 5.69 Å². The molecule has 4 heteroatoms. The van der Waals surface area contributed by atoms with Gasteiger partial charge in [-0.05, 0) is 60.4 Å². The number of aromatic carboxylic acids is 1. The van der Waals surface area contributed by atoms with Crippen molar-refractivity contribution in [2.75, 3.05) is 0 Å². The molecule has 2 aromatic carbocycles. The second-order valence-electron chi connectivity index (χ2n) is 6.32. The van der Waals surface area contributed by atoms with Gasteiger partial charge >= 0.3 is 5.97 Å². The van der Waals surface area contributed by atoms with E-state index in [2.05, 4.69) is 31.0 Å². The summed E-state index contributed by atoms with van der Waals surface area (Å²) in [5.74, 6) is -0.387. The Morgan fingerprint density at radius 3 is 2.62 bits per heavy atom.